The van der Waals surface area contributed by atoms with E-state index in [1.165, 1.54) is 29.2 Å². The van der Waals surface area contributed by atoms with Gasteiger partial charge in [0, 0.05) is 23.0 Å². The number of rotatable bonds is 4. The number of para-hydroxylation sites is 1. The molecule has 2 N–H and O–H groups in total. The first kappa shape index (κ1) is 20.0. The molecule has 0 saturated carbocycles. The normalized spacial score (nSPS) is 14.8. The van der Waals surface area contributed by atoms with Crippen LogP contribution in [0.1, 0.15) is 5.56 Å². The van der Waals surface area contributed by atoms with Crippen molar-refractivity contribution in [2.75, 3.05) is 17.2 Å². The lowest BCUT2D eigenvalue weighted by Crippen LogP contribution is -2.32. The number of imide groups is 1. The van der Waals surface area contributed by atoms with Crippen molar-refractivity contribution in [3.8, 4) is 0 Å². The molecule has 0 bridgehead atoms. The summed E-state index contributed by atoms with van der Waals surface area (Å²) in [5, 5.41) is 0.782. The maximum atomic E-state index is 12.8. The first-order valence-electron chi connectivity index (χ1n) is 8.83. The highest BCUT2D eigenvalue weighted by Crippen LogP contribution is 2.37. The van der Waals surface area contributed by atoms with E-state index in [1.807, 2.05) is 6.07 Å². The van der Waals surface area contributed by atoms with Gasteiger partial charge < -0.3 is 10.6 Å². The van der Waals surface area contributed by atoms with Crippen LogP contribution in [0.15, 0.2) is 59.6 Å². The van der Waals surface area contributed by atoms with Gasteiger partial charge in [0.15, 0.2) is 0 Å². The van der Waals surface area contributed by atoms with Gasteiger partial charge >= 0.3 is 11.5 Å². The summed E-state index contributed by atoms with van der Waals surface area (Å²) >= 11 is -0.257. The number of hydrogen-bond donors (Lipinski definition) is 1. The van der Waals surface area contributed by atoms with E-state index in [0.717, 1.165) is 15.8 Å². The second-order valence-corrected chi connectivity index (χ2v) is 7.76. The Hall–Kier alpha value is -3.27. The summed E-state index contributed by atoms with van der Waals surface area (Å²) in [7, 11) is 0. The molecule has 6 nitrogen and oxygen atoms in total. The first-order valence-corrected chi connectivity index (χ1v) is 9.64. The molecule has 2 heterocycles. The summed E-state index contributed by atoms with van der Waals surface area (Å²) in [6.45, 7) is 0.0373. The van der Waals surface area contributed by atoms with Gasteiger partial charge in [-0.2, -0.15) is 13.2 Å². The standard InChI is InChI=1S/C20H15F3N4O2S/c21-20(22,23)30-14-6-4-13(5-7-14)27-17(28)11-26(19(27)29)10-12-8-9-25-18-15(12)2-1-3-16(18)24/h1-9H,10-11,24H2. The number of carbonyl (C=O) groups is 2. The molecule has 1 fully saturated rings. The van der Waals surface area contributed by atoms with Crippen LogP contribution < -0.4 is 10.6 Å². The van der Waals surface area contributed by atoms with Crippen LogP contribution in [0.25, 0.3) is 10.9 Å². The van der Waals surface area contributed by atoms with Gasteiger partial charge in [0.2, 0.25) is 0 Å². The summed E-state index contributed by atoms with van der Waals surface area (Å²) in [6, 6.07) is 11.7. The Morgan fingerprint density at radius 2 is 1.80 bits per heavy atom. The zero-order valence-corrected chi connectivity index (χ0v) is 16.2. The van der Waals surface area contributed by atoms with Crippen molar-refractivity contribution < 1.29 is 22.8 Å². The molecule has 1 saturated heterocycles. The molecule has 0 atom stereocenters. The van der Waals surface area contributed by atoms with Crippen LogP contribution in [-0.2, 0) is 11.3 Å². The van der Waals surface area contributed by atoms with E-state index >= 15 is 0 Å². The molecular formula is C20H15F3N4O2S. The number of urea groups is 1. The Balaban J connectivity index is 1.56. The predicted molar refractivity (Wildman–Crippen MR) is 108 cm³/mol. The molecule has 0 radical (unpaired) electrons. The first-order chi connectivity index (χ1) is 14.2. The second-order valence-electron chi connectivity index (χ2n) is 6.62. The van der Waals surface area contributed by atoms with Gasteiger partial charge in [-0.1, -0.05) is 12.1 Å². The minimum atomic E-state index is -4.41. The van der Waals surface area contributed by atoms with Crippen LogP contribution in [-0.4, -0.2) is 33.9 Å². The van der Waals surface area contributed by atoms with Crippen LogP contribution in [0, 0.1) is 0 Å². The molecular weight excluding hydrogens is 417 g/mol. The van der Waals surface area contributed by atoms with Gasteiger partial charge in [-0.25, -0.2) is 9.69 Å². The maximum absolute atomic E-state index is 12.8. The summed E-state index contributed by atoms with van der Waals surface area (Å²) in [5.74, 6) is -0.450. The number of alkyl halides is 3. The number of fused-ring (bicyclic) bond motifs is 1. The SMILES string of the molecule is Nc1cccc2c(CN3CC(=O)N(c4ccc(SC(F)(F)F)cc4)C3=O)ccnc12. The van der Waals surface area contributed by atoms with Gasteiger partial charge in [-0.3, -0.25) is 9.78 Å². The van der Waals surface area contributed by atoms with Crippen LogP contribution in [0.2, 0.25) is 0 Å². The summed E-state index contributed by atoms with van der Waals surface area (Å²) < 4.78 is 37.5. The number of nitrogens with two attached hydrogens (primary N) is 1. The van der Waals surface area contributed by atoms with E-state index in [9.17, 15) is 22.8 Å². The van der Waals surface area contributed by atoms with E-state index in [2.05, 4.69) is 4.98 Å². The molecule has 1 aromatic heterocycles. The topological polar surface area (TPSA) is 79.5 Å². The van der Waals surface area contributed by atoms with Crippen LogP contribution >= 0.6 is 11.8 Å². The molecule has 4 rings (SSSR count). The van der Waals surface area contributed by atoms with E-state index in [-0.39, 0.29) is 35.4 Å². The summed E-state index contributed by atoms with van der Waals surface area (Å²) in [6.07, 6.45) is 1.59. The molecule has 30 heavy (non-hydrogen) atoms. The van der Waals surface area contributed by atoms with E-state index in [1.54, 1.807) is 24.4 Å². The quantitative estimate of drug-likeness (QED) is 0.376. The van der Waals surface area contributed by atoms with Crippen molar-refractivity contribution >= 4 is 46.0 Å². The smallest absolute Gasteiger partial charge is 0.397 e. The zero-order chi connectivity index (χ0) is 21.5. The number of aromatic nitrogens is 1. The van der Waals surface area contributed by atoms with E-state index in [0.29, 0.717) is 11.2 Å². The molecule has 0 spiro atoms. The van der Waals surface area contributed by atoms with Gasteiger partial charge in [0.25, 0.3) is 5.91 Å². The monoisotopic (exact) mass is 432 g/mol. The minimum absolute atomic E-state index is 0.0250. The minimum Gasteiger partial charge on any atom is -0.397 e. The molecule has 154 valence electrons. The molecule has 1 aliphatic rings. The third-order valence-corrected chi connectivity index (χ3v) is 5.36. The lowest BCUT2D eigenvalue weighted by atomic mass is 10.1. The number of carbonyl (C=O) groups excluding carboxylic acids is 2. The molecule has 0 unspecified atom stereocenters. The Morgan fingerprint density at radius 1 is 1.07 bits per heavy atom. The number of anilines is 2. The summed E-state index contributed by atoms with van der Waals surface area (Å²) in [5.41, 5.74) is 3.68. The van der Waals surface area contributed by atoms with Crippen LogP contribution in [0.5, 0.6) is 0 Å². The predicted octanol–water partition coefficient (Wildman–Crippen LogP) is 4.40. The molecule has 10 heteroatoms. The number of amides is 3. The highest BCUT2D eigenvalue weighted by molar-refractivity contribution is 8.00. The Morgan fingerprint density at radius 3 is 2.50 bits per heavy atom. The average molecular weight is 432 g/mol. The largest absolute Gasteiger partial charge is 0.446 e. The number of hydrogen-bond acceptors (Lipinski definition) is 5. The number of benzene rings is 2. The second kappa shape index (κ2) is 7.52. The third-order valence-electron chi connectivity index (χ3n) is 4.62. The van der Waals surface area contributed by atoms with Crippen molar-refractivity contribution in [2.45, 2.75) is 16.9 Å². The molecule has 0 aliphatic carbocycles. The number of thioether (sulfide) groups is 1. The molecule has 1 aliphatic heterocycles. The van der Waals surface area contributed by atoms with Crippen molar-refractivity contribution in [3.05, 3.63) is 60.3 Å². The third kappa shape index (κ3) is 3.90. The highest BCUT2D eigenvalue weighted by atomic mass is 32.2. The van der Waals surface area contributed by atoms with Gasteiger partial charge in [0.05, 0.1) is 16.9 Å². The number of nitrogens with zero attached hydrogens (tertiary/aromatic N) is 3. The van der Waals surface area contributed by atoms with Crippen molar-refractivity contribution in [1.29, 1.82) is 0 Å². The maximum Gasteiger partial charge on any atom is 0.446 e. The molecule has 2 aromatic carbocycles. The molecule has 3 aromatic rings. The Kier molecular flexibility index (Phi) is 5.02. The lowest BCUT2D eigenvalue weighted by Gasteiger charge is -2.18. The number of pyridine rings is 1. The number of halogens is 3. The Labute approximate surface area is 173 Å². The van der Waals surface area contributed by atoms with Gasteiger partial charge in [-0.15, -0.1) is 0 Å². The van der Waals surface area contributed by atoms with E-state index in [4.69, 9.17) is 5.73 Å². The van der Waals surface area contributed by atoms with Crippen molar-refractivity contribution in [3.63, 3.8) is 0 Å². The lowest BCUT2D eigenvalue weighted by molar-refractivity contribution is -0.116. The van der Waals surface area contributed by atoms with Gasteiger partial charge in [0.1, 0.15) is 6.54 Å². The highest BCUT2D eigenvalue weighted by Gasteiger charge is 2.37. The zero-order valence-electron chi connectivity index (χ0n) is 15.4. The van der Waals surface area contributed by atoms with Gasteiger partial charge in [-0.05, 0) is 53.7 Å². The Bertz CT molecular complexity index is 1140. The number of nitrogen functional groups attached to an aromatic ring is 1. The van der Waals surface area contributed by atoms with E-state index < -0.39 is 17.4 Å². The summed E-state index contributed by atoms with van der Waals surface area (Å²) in [4.78, 5) is 31.9. The van der Waals surface area contributed by atoms with Crippen molar-refractivity contribution in [2.24, 2.45) is 0 Å². The van der Waals surface area contributed by atoms with Crippen LogP contribution in [0.4, 0.5) is 29.3 Å². The molecule has 3 amide bonds. The average Bonchev–Trinajstić information content (AvgIpc) is 2.95. The fourth-order valence-corrected chi connectivity index (χ4v) is 3.86. The van der Waals surface area contributed by atoms with Crippen molar-refractivity contribution in [1.82, 2.24) is 9.88 Å². The fourth-order valence-electron chi connectivity index (χ4n) is 3.32. The van der Waals surface area contributed by atoms with Crippen LogP contribution in [0.3, 0.4) is 0 Å². The fraction of sp³-hybridized carbons (Fsp3) is 0.150.